The summed E-state index contributed by atoms with van der Waals surface area (Å²) < 4.78 is 24.6. The van der Waals surface area contributed by atoms with Gasteiger partial charge in [0.2, 0.25) is 5.91 Å². The number of thioether (sulfide) groups is 1. The highest BCUT2D eigenvalue weighted by atomic mass is 32.2. The zero-order valence-electron chi connectivity index (χ0n) is 14.3. The molecule has 0 spiro atoms. The first-order valence-corrected chi connectivity index (χ1v) is 8.98. The van der Waals surface area contributed by atoms with Crippen LogP contribution in [-0.2, 0) is 11.2 Å². The predicted octanol–water partition coefficient (Wildman–Crippen LogP) is 5.25. The molecule has 3 nitrogen and oxygen atoms in total. The third-order valence-electron chi connectivity index (χ3n) is 3.40. The van der Waals surface area contributed by atoms with Gasteiger partial charge in [-0.3, -0.25) is 4.79 Å². The number of hydrogen-bond acceptors (Lipinski definition) is 3. The Labute approximate surface area is 151 Å². The van der Waals surface area contributed by atoms with E-state index in [1.807, 2.05) is 24.3 Å². The second-order valence-electron chi connectivity index (χ2n) is 6.10. The number of carbonyl (C=O) groups is 1. The Bertz CT molecular complexity index is 673. The maximum Gasteiger partial charge on any atom is 0.288 e. The lowest BCUT2D eigenvalue weighted by Crippen LogP contribution is -2.14. The van der Waals surface area contributed by atoms with E-state index < -0.39 is 5.76 Å². The van der Waals surface area contributed by atoms with E-state index in [-0.39, 0.29) is 12.3 Å². The smallest absolute Gasteiger partial charge is 0.288 e. The molecule has 2 aromatic rings. The molecule has 0 aliphatic heterocycles. The Kier molecular flexibility index (Phi) is 7.25. The van der Waals surface area contributed by atoms with E-state index in [0.717, 1.165) is 17.8 Å². The van der Waals surface area contributed by atoms with Crippen LogP contribution in [0.1, 0.15) is 19.4 Å². The Morgan fingerprint density at radius 3 is 2.16 bits per heavy atom. The van der Waals surface area contributed by atoms with Crippen molar-refractivity contribution >= 4 is 29.0 Å². The average molecular weight is 364 g/mol. The maximum absolute atomic E-state index is 12.3. The topological polar surface area (TPSA) is 41.1 Å². The zero-order chi connectivity index (χ0) is 18.2. The number of carbonyl (C=O) groups excluding carboxylic acids is 1. The summed E-state index contributed by atoms with van der Waals surface area (Å²) in [4.78, 5) is 12.6. The Morgan fingerprint density at radius 2 is 1.60 bits per heavy atom. The lowest BCUT2D eigenvalue weighted by atomic mass is 10.1. The van der Waals surface area contributed by atoms with Crippen molar-refractivity contribution in [3.63, 3.8) is 0 Å². The zero-order valence-corrected chi connectivity index (χ0v) is 15.1. The van der Waals surface area contributed by atoms with Crippen LogP contribution >= 0.6 is 11.8 Å². The Balaban J connectivity index is 1.85. The molecule has 1 amide bonds. The molecule has 0 aliphatic carbocycles. The van der Waals surface area contributed by atoms with E-state index >= 15 is 0 Å². The minimum atomic E-state index is -2.45. The summed E-state index contributed by atoms with van der Waals surface area (Å²) in [5, 5.41) is 6.10. The van der Waals surface area contributed by atoms with Crippen molar-refractivity contribution < 1.29 is 13.6 Å². The van der Waals surface area contributed by atoms with E-state index in [2.05, 4.69) is 24.5 Å². The van der Waals surface area contributed by atoms with Gasteiger partial charge in [-0.1, -0.05) is 37.7 Å². The predicted molar refractivity (Wildman–Crippen MR) is 100 cm³/mol. The van der Waals surface area contributed by atoms with Crippen molar-refractivity contribution in [3.8, 4) is 0 Å². The molecule has 134 valence electrons. The van der Waals surface area contributed by atoms with Gasteiger partial charge in [-0.05, 0) is 47.9 Å². The summed E-state index contributed by atoms with van der Waals surface area (Å²) in [6.07, 6.45) is 0.262. The molecule has 0 saturated carbocycles. The van der Waals surface area contributed by atoms with Gasteiger partial charge in [0.05, 0.1) is 6.42 Å². The number of nitrogens with one attached hydrogen (secondary N) is 2. The summed E-state index contributed by atoms with van der Waals surface area (Å²) in [7, 11) is 0. The van der Waals surface area contributed by atoms with Crippen LogP contribution in [0, 0.1) is 5.92 Å². The number of benzene rings is 2. The van der Waals surface area contributed by atoms with E-state index in [1.165, 1.54) is 0 Å². The van der Waals surface area contributed by atoms with Gasteiger partial charge in [0.1, 0.15) is 0 Å². The molecule has 0 unspecified atom stereocenters. The van der Waals surface area contributed by atoms with Crippen molar-refractivity contribution in [1.82, 2.24) is 0 Å². The number of hydrogen-bond donors (Lipinski definition) is 2. The molecule has 0 atom stereocenters. The summed E-state index contributed by atoms with van der Waals surface area (Å²) in [5.74, 6) is -2.02. The standard InChI is InChI=1S/C19H22F2N2OS/c1-13(2)12-22-15-5-3-14(4-6-15)11-18(24)23-16-7-9-17(10-8-16)25-19(20)21/h3-10,13,19,22H,11-12H2,1-2H3,(H,23,24). The average Bonchev–Trinajstić information content (AvgIpc) is 2.55. The van der Waals surface area contributed by atoms with Gasteiger partial charge in [-0.15, -0.1) is 0 Å². The molecule has 2 N–H and O–H groups in total. The van der Waals surface area contributed by atoms with Gasteiger partial charge in [-0.2, -0.15) is 8.78 Å². The van der Waals surface area contributed by atoms with E-state index in [0.29, 0.717) is 28.3 Å². The summed E-state index contributed by atoms with van der Waals surface area (Å²) in [6, 6.07) is 14.2. The first-order valence-electron chi connectivity index (χ1n) is 8.10. The molecule has 25 heavy (non-hydrogen) atoms. The van der Waals surface area contributed by atoms with Crippen molar-refractivity contribution in [2.75, 3.05) is 17.2 Å². The number of halogens is 2. The van der Waals surface area contributed by atoms with Gasteiger partial charge in [0.25, 0.3) is 5.76 Å². The maximum atomic E-state index is 12.3. The molecule has 0 fully saturated rings. The molecule has 0 aromatic heterocycles. The van der Waals surface area contributed by atoms with E-state index in [1.54, 1.807) is 24.3 Å². The van der Waals surface area contributed by atoms with Crippen LogP contribution in [0.15, 0.2) is 53.4 Å². The number of amides is 1. The minimum absolute atomic E-state index is 0.142. The second kappa shape index (κ2) is 9.42. The van der Waals surface area contributed by atoms with Crippen molar-refractivity contribution in [2.24, 2.45) is 5.92 Å². The Morgan fingerprint density at radius 1 is 1.00 bits per heavy atom. The van der Waals surface area contributed by atoms with Gasteiger partial charge in [0, 0.05) is 22.8 Å². The third kappa shape index (κ3) is 7.13. The fourth-order valence-electron chi connectivity index (χ4n) is 2.17. The first kappa shape index (κ1) is 19.2. The minimum Gasteiger partial charge on any atom is -0.385 e. The molecule has 0 heterocycles. The fraction of sp³-hybridized carbons (Fsp3) is 0.316. The molecule has 0 saturated heterocycles. The largest absolute Gasteiger partial charge is 0.385 e. The molecule has 0 bridgehead atoms. The molecule has 0 aliphatic rings. The van der Waals surface area contributed by atoms with Crippen LogP contribution in [0.5, 0.6) is 0 Å². The van der Waals surface area contributed by atoms with Crippen LogP contribution in [0.4, 0.5) is 20.2 Å². The third-order valence-corrected chi connectivity index (χ3v) is 4.12. The van der Waals surface area contributed by atoms with Crippen molar-refractivity contribution in [2.45, 2.75) is 30.9 Å². The number of anilines is 2. The summed E-state index contributed by atoms with van der Waals surface area (Å²) in [5.41, 5.74) is 2.54. The van der Waals surface area contributed by atoms with Gasteiger partial charge in [0.15, 0.2) is 0 Å². The highest BCUT2D eigenvalue weighted by Gasteiger charge is 2.07. The molecular weight excluding hydrogens is 342 g/mol. The van der Waals surface area contributed by atoms with Crippen molar-refractivity contribution in [1.29, 1.82) is 0 Å². The van der Waals surface area contributed by atoms with Crippen LogP contribution in [-0.4, -0.2) is 18.2 Å². The van der Waals surface area contributed by atoms with E-state index in [9.17, 15) is 13.6 Å². The van der Waals surface area contributed by atoms with E-state index in [4.69, 9.17) is 0 Å². The number of rotatable bonds is 8. The highest BCUT2D eigenvalue weighted by molar-refractivity contribution is 7.99. The van der Waals surface area contributed by atoms with Crippen LogP contribution < -0.4 is 10.6 Å². The quantitative estimate of drug-likeness (QED) is 0.629. The second-order valence-corrected chi connectivity index (χ2v) is 7.16. The monoisotopic (exact) mass is 364 g/mol. The summed E-state index contributed by atoms with van der Waals surface area (Å²) in [6.45, 7) is 5.19. The molecule has 6 heteroatoms. The Hall–Kier alpha value is -2.08. The van der Waals surface area contributed by atoms with Crippen LogP contribution in [0.2, 0.25) is 0 Å². The molecule has 2 rings (SSSR count). The van der Waals surface area contributed by atoms with Gasteiger partial charge in [-0.25, -0.2) is 0 Å². The lowest BCUT2D eigenvalue weighted by molar-refractivity contribution is -0.115. The molecule has 2 aromatic carbocycles. The fourth-order valence-corrected chi connectivity index (χ4v) is 2.67. The normalized spacial score (nSPS) is 11.0. The van der Waals surface area contributed by atoms with Crippen LogP contribution in [0.25, 0.3) is 0 Å². The summed E-state index contributed by atoms with van der Waals surface area (Å²) >= 11 is 0.484. The van der Waals surface area contributed by atoms with Crippen LogP contribution in [0.3, 0.4) is 0 Å². The SMILES string of the molecule is CC(C)CNc1ccc(CC(=O)Nc2ccc(SC(F)F)cc2)cc1. The first-order chi connectivity index (χ1) is 11.9. The highest BCUT2D eigenvalue weighted by Crippen LogP contribution is 2.26. The van der Waals surface area contributed by atoms with Gasteiger partial charge < -0.3 is 10.6 Å². The number of alkyl halides is 2. The lowest BCUT2D eigenvalue weighted by Gasteiger charge is -2.10. The molecule has 0 radical (unpaired) electrons. The van der Waals surface area contributed by atoms with Crippen molar-refractivity contribution in [3.05, 3.63) is 54.1 Å². The molecular formula is C19H22F2N2OS. The van der Waals surface area contributed by atoms with Gasteiger partial charge >= 0.3 is 0 Å².